The monoisotopic (exact) mass is 242 g/mol. The summed E-state index contributed by atoms with van der Waals surface area (Å²) in [5, 5.41) is 10.4. The predicted octanol–water partition coefficient (Wildman–Crippen LogP) is 2.68. The molecule has 3 aliphatic rings. The molecule has 3 saturated carbocycles. The number of hydrogen-bond donors (Lipinski definition) is 2. The number of amides is 1. The molecule has 2 N–H and O–H groups in total. The van der Waals surface area contributed by atoms with Crippen molar-refractivity contribution in [1.82, 2.24) is 5.32 Å². The van der Waals surface area contributed by atoms with Crippen LogP contribution in [-0.2, 0) is 4.79 Å². The summed E-state index contributed by atoms with van der Waals surface area (Å²) in [6, 6.07) is 9.88. The van der Waals surface area contributed by atoms with Crippen LogP contribution in [-0.4, -0.2) is 12.1 Å². The molecule has 3 heteroatoms. The maximum Gasteiger partial charge on any atom is 0.226 e. The Labute approximate surface area is 107 Å². The van der Waals surface area contributed by atoms with Gasteiger partial charge in [-0.3, -0.25) is 4.79 Å². The van der Waals surface area contributed by atoms with Gasteiger partial charge in [-0.2, -0.15) is 0 Å². The molecule has 1 aromatic rings. The summed E-state index contributed by atoms with van der Waals surface area (Å²) < 4.78 is 0. The van der Waals surface area contributed by atoms with Gasteiger partial charge in [0.2, 0.25) is 5.91 Å². The van der Waals surface area contributed by atoms with Crippen LogP contribution in [0.3, 0.4) is 0 Å². The van der Waals surface area contributed by atoms with Crippen molar-refractivity contribution in [2.75, 3.05) is 0 Å². The molecule has 1 atom stereocenters. The van der Waals surface area contributed by atoms with Gasteiger partial charge in [-0.1, -0.05) is 30.3 Å². The minimum atomic E-state index is -0.0507. The normalized spacial score (nSPS) is 29.7. The largest absolute Gasteiger partial charge is 0.348 e. The van der Waals surface area contributed by atoms with E-state index in [4.69, 9.17) is 5.41 Å². The van der Waals surface area contributed by atoms with E-state index in [9.17, 15) is 4.79 Å². The molecule has 0 aromatic heterocycles. The molecular weight excluding hydrogens is 224 g/mol. The highest BCUT2D eigenvalue weighted by atomic mass is 16.2. The molecule has 0 aliphatic heterocycles. The highest BCUT2D eigenvalue weighted by molar-refractivity contribution is 5.86. The Kier molecular flexibility index (Phi) is 2.69. The third-order valence-electron chi connectivity index (χ3n) is 4.38. The van der Waals surface area contributed by atoms with Crippen molar-refractivity contribution in [2.24, 2.45) is 11.3 Å². The Balaban J connectivity index is 1.70. The summed E-state index contributed by atoms with van der Waals surface area (Å²) in [6.07, 6.45) is 5.16. The first-order valence-electron chi connectivity index (χ1n) is 6.58. The van der Waals surface area contributed by atoms with Crippen LogP contribution >= 0.6 is 0 Å². The van der Waals surface area contributed by atoms with E-state index in [2.05, 4.69) is 5.32 Å². The van der Waals surface area contributed by atoms with Gasteiger partial charge < -0.3 is 10.7 Å². The first-order chi connectivity index (χ1) is 8.73. The number of carbonyl (C=O) groups excluding carboxylic acids is 1. The van der Waals surface area contributed by atoms with Crippen LogP contribution in [0, 0.1) is 16.7 Å². The van der Waals surface area contributed by atoms with Gasteiger partial charge in [0.25, 0.3) is 0 Å². The van der Waals surface area contributed by atoms with Gasteiger partial charge >= 0.3 is 0 Å². The van der Waals surface area contributed by atoms with Gasteiger partial charge in [-0.25, -0.2) is 0 Å². The van der Waals surface area contributed by atoms with Crippen molar-refractivity contribution < 1.29 is 4.79 Å². The fourth-order valence-electron chi connectivity index (χ4n) is 3.15. The minimum absolute atomic E-state index is 0.0419. The lowest BCUT2D eigenvalue weighted by atomic mass is 9.44. The third kappa shape index (κ3) is 1.74. The van der Waals surface area contributed by atoms with E-state index in [-0.39, 0.29) is 17.4 Å². The van der Waals surface area contributed by atoms with Gasteiger partial charge in [0.1, 0.15) is 0 Å². The van der Waals surface area contributed by atoms with Crippen molar-refractivity contribution in [3.05, 3.63) is 35.9 Å². The van der Waals surface area contributed by atoms with E-state index in [1.165, 1.54) is 6.21 Å². The highest BCUT2D eigenvalue weighted by Gasteiger charge is 2.61. The zero-order valence-electron chi connectivity index (χ0n) is 10.4. The van der Waals surface area contributed by atoms with Gasteiger partial charge in [-0.15, -0.1) is 0 Å². The number of hydrogen-bond acceptors (Lipinski definition) is 2. The quantitative estimate of drug-likeness (QED) is 0.766. The fraction of sp³-hybridized carbons (Fsp3) is 0.467. The molecule has 0 heterocycles. The second-order valence-corrected chi connectivity index (χ2v) is 5.64. The molecule has 3 nitrogen and oxygen atoms in total. The molecule has 3 fully saturated rings. The lowest BCUT2D eigenvalue weighted by Gasteiger charge is -2.60. The Morgan fingerprint density at radius 2 is 2.06 bits per heavy atom. The van der Waals surface area contributed by atoms with Gasteiger partial charge in [-0.05, 0) is 37.0 Å². The second-order valence-electron chi connectivity index (χ2n) is 5.64. The van der Waals surface area contributed by atoms with Crippen LogP contribution < -0.4 is 5.32 Å². The molecule has 1 unspecified atom stereocenters. The minimum Gasteiger partial charge on any atom is -0.348 e. The number of rotatable bonds is 5. The molecule has 4 rings (SSSR count). The van der Waals surface area contributed by atoms with Crippen molar-refractivity contribution >= 4 is 12.1 Å². The molecule has 1 aromatic carbocycles. The number of nitrogens with one attached hydrogen (secondary N) is 2. The summed E-state index contributed by atoms with van der Waals surface area (Å²) >= 11 is 0. The smallest absolute Gasteiger partial charge is 0.226 e. The summed E-state index contributed by atoms with van der Waals surface area (Å²) in [5.41, 5.74) is 1.04. The van der Waals surface area contributed by atoms with Crippen molar-refractivity contribution in [3.8, 4) is 0 Å². The molecule has 1 amide bonds. The van der Waals surface area contributed by atoms with Crippen molar-refractivity contribution in [2.45, 2.75) is 31.7 Å². The van der Waals surface area contributed by atoms with E-state index in [0.29, 0.717) is 6.42 Å². The van der Waals surface area contributed by atoms with Gasteiger partial charge in [0, 0.05) is 11.8 Å². The van der Waals surface area contributed by atoms with Gasteiger partial charge in [0.05, 0.1) is 6.04 Å². The summed E-state index contributed by atoms with van der Waals surface area (Å²) in [4.78, 5) is 12.3. The Hall–Kier alpha value is -1.64. The van der Waals surface area contributed by atoms with E-state index < -0.39 is 0 Å². The average molecular weight is 242 g/mol. The lowest BCUT2D eigenvalue weighted by Crippen LogP contribution is -2.60. The molecule has 94 valence electrons. The third-order valence-corrected chi connectivity index (χ3v) is 4.38. The van der Waals surface area contributed by atoms with Crippen molar-refractivity contribution in [1.29, 1.82) is 5.41 Å². The average Bonchev–Trinajstić information content (AvgIpc) is 2.25. The van der Waals surface area contributed by atoms with E-state index in [1.807, 2.05) is 30.3 Å². The van der Waals surface area contributed by atoms with Crippen LogP contribution in [0.1, 0.15) is 37.3 Å². The van der Waals surface area contributed by atoms with E-state index in [0.717, 1.165) is 30.7 Å². The molecule has 3 aliphatic carbocycles. The second kappa shape index (κ2) is 4.23. The standard InChI is InChI=1S/C15H18N2O/c16-7-6-13(12-4-2-1-3-5-12)17-14(18)15-8-11(9-15)10-15/h1-5,7,11,13,16H,6,8-10H2,(H,17,18). The molecule has 0 radical (unpaired) electrons. The maximum absolute atomic E-state index is 12.3. The summed E-state index contributed by atoms with van der Waals surface area (Å²) in [6.45, 7) is 0. The van der Waals surface area contributed by atoms with Crippen molar-refractivity contribution in [3.63, 3.8) is 0 Å². The van der Waals surface area contributed by atoms with Crippen LogP contribution in [0.25, 0.3) is 0 Å². The molecule has 18 heavy (non-hydrogen) atoms. The van der Waals surface area contributed by atoms with E-state index >= 15 is 0 Å². The predicted molar refractivity (Wildman–Crippen MR) is 70.5 cm³/mol. The van der Waals surface area contributed by atoms with Crippen LogP contribution in [0.2, 0.25) is 0 Å². The molecule has 0 spiro atoms. The summed E-state index contributed by atoms with van der Waals surface area (Å²) in [5.74, 6) is 1.01. The Morgan fingerprint density at radius 3 is 2.56 bits per heavy atom. The number of benzene rings is 1. The van der Waals surface area contributed by atoms with Crippen LogP contribution in [0.15, 0.2) is 30.3 Å². The zero-order valence-corrected chi connectivity index (χ0v) is 10.4. The van der Waals surface area contributed by atoms with E-state index in [1.54, 1.807) is 0 Å². The zero-order chi connectivity index (χ0) is 12.6. The molecule has 2 bridgehead atoms. The highest BCUT2D eigenvalue weighted by Crippen LogP contribution is 2.64. The molecular formula is C15H18N2O. The maximum atomic E-state index is 12.3. The lowest BCUT2D eigenvalue weighted by molar-refractivity contribution is -0.165. The first-order valence-corrected chi connectivity index (χ1v) is 6.58. The Morgan fingerprint density at radius 1 is 1.39 bits per heavy atom. The van der Waals surface area contributed by atoms with Gasteiger partial charge in [0.15, 0.2) is 0 Å². The topological polar surface area (TPSA) is 53.0 Å². The fourth-order valence-corrected chi connectivity index (χ4v) is 3.15. The SMILES string of the molecule is N=CCC(NC(=O)C12CC(C1)C2)c1ccccc1. The Bertz CT molecular complexity index is 452. The van der Waals surface area contributed by atoms with Crippen LogP contribution in [0.4, 0.5) is 0 Å². The first kappa shape index (κ1) is 11.5. The molecule has 0 saturated heterocycles. The number of carbonyl (C=O) groups is 1. The summed E-state index contributed by atoms with van der Waals surface area (Å²) in [7, 11) is 0. The van der Waals surface area contributed by atoms with Crippen LogP contribution in [0.5, 0.6) is 0 Å².